The standard InChI is InChI=1S/C5H8ClN3/c1-3-7-4(2)9-5(6)8-3/h3H,1-2H3,(H,7,8,9). The summed E-state index contributed by atoms with van der Waals surface area (Å²) in [5.41, 5.74) is 0. The first-order valence-corrected chi connectivity index (χ1v) is 3.11. The van der Waals surface area contributed by atoms with Gasteiger partial charge in [-0.3, -0.25) is 0 Å². The molecule has 0 spiro atoms. The molecule has 1 heterocycles. The van der Waals surface area contributed by atoms with Crippen molar-refractivity contribution in [2.24, 2.45) is 9.98 Å². The van der Waals surface area contributed by atoms with Crippen LogP contribution >= 0.6 is 11.6 Å². The molecule has 1 rings (SSSR count). The Bertz CT molecular complexity index is 155. The zero-order chi connectivity index (χ0) is 6.85. The fraction of sp³-hybridized carbons (Fsp3) is 0.600. The molecule has 0 bridgehead atoms. The maximum absolute atomic E-state index is 5.56. The molecule has 0 aromatic rings. The minimum Gasteiger partial charge on any atom is -0.319 e. The molecule has 4 heteroatoms. The Morgan fingerprint density at radius 2 is 2.22 bits per heavy atom. The fourth-order valence-electron chi connectivity index (χ4n) is 0.687. The summed E-state index contributed by atoms with van der Waals surface area (Å²) in [4.78, 5) is 7.98. The van der Waals surface area contributed by atoms with E-state index in [0.29, 0.717) is 5.29 Å². The van der Waals surface area contributed by atoms with Crippen LogP contribution in [0.3, 0.4) is 0 Å². The van der Waals surface area contributed by atoms with Crippen molar-refractivity contribution in [3.05, 3.63) is 0 Å². The first-order valence-electron chi connectivity index (χ1n) is 2.73. The molecule has 0 radical (unpaired) electrons. The molecule has 1 atom stereocenters. The van der Waals surface area contributed by atoms with Gasteiger partial charge in [-0.2, -0.15) is 0 Å². The topological polar surface area (TPSA) is 36.8 Å². The largest absolute Gasteiger partial charge is 0.319 e. The van der Waals surface area contributed by atoms with Gasteiger partial charge in [0.15, 0.2) is 5.29 Å². The average molecular weight is 146 g/mol. The Balaban J connectivity index is 2.69. The number of hydrogen-bond donors (Lipinski definition) is 1. The van der Waals surface area contributed by atoms with E-state index in [-0.39, 0.29) is 6.17 Å². The van der Waals surface area contributed by atoms with Gasteiger partial charge in [0.05, 0.1) is 0 Å². The van der Waals surface area contributed by atoms with Crippen molar-refractivity contribution in [1.82, 2.24) is 5.32 Å². The third-order valence-electron chi connectivity index (χ3n) is 0.965. The van der Waals surface area contributed by atoms with Gasteiger partial charge in [0, 0.05) is 0 Å². The number of hydrogen-bond acceptors (Lipinski definition) is 3. The highest BCUT2D eigenvalue weighted by Crippen LogP contribution is 1.99. The van der Waals surface area contributed by atoms with Crippen LogP contribution < -0.4 is 5.32 Å². The second-order valence-electron chi connectivity index (χ2n) is 1.89. The van der Waals surface area contributed by atoms with E-state index < -0.39 is 0 Å². The first kappa shape index (κ1) is 6.55. The summed E-state index contributed by atoms with van der Waals surface area (Å²) in [6.45, 7) is 3.74. The van der Waals surface area contributed by atoms with Gasteiger partial charge in [0.25, 0.3) is 0 Å². The lowest BCUT2D eigenvalue weighted by molar-refractivity contribution is 0.774. The van der Waals surface area contributed by atoms with E-state index in [1.807, 2.05) is 13.8 Å². The molecule has 0 fully saturated rings. The highest BCUT2D eigenvalue weighted by molar-refractivity contribution is 6.66. The average Bonchev–Trinajstić information content (AvgIpc) is 1.59. The molecule has 50 valence electrons. The molecule has 0 saturated carbocycles. The minimum atomic E-state index is -0.0289. The molecular formula is C5H8ClN3. The van der Waals surface area contributed by atoms with Gasteiger partial charge in [0.2, 0.25) is 0 Å². The van der Waals surface area contributed by atoms with Crippen LogP contribution in [0.1, 0.15) is 13.8 Å². The Labute approximate surface area is 58.8 Å². The smallest absolute Gasteiger partial charge is 0.198 e. The summed E-state index contributed by atoms with van der Waals surface area (Å²) < 4.78 is 0. The van der Waals surface area contributed by atoms with Crippen LogP contribution in [0, 0.1) is 0 Å². The summed E-state index contributed by atoms with van der Waals surface area (Å²) in [6.07, 6.45) is -0.0289. The van der Waals surface area contributed by atoms with Gasteiger partial charge in [-0.05, 0) is 25.4 Å². The van der Waals surface area contributed by atoms with Gasteiger partial charge in [-0.1, -0.05) is 0 Å². The van der Waals surface area contributed by atoms with Crippen molar-refractivity contribution >= 4 is 22.7 Å². The van der Waals surface area contributed by atoms with E-state index in [0.717, 1.165) is 5.84 Å². The van der Waals surface area contributed by atoms with Crippen LogP contribution in [-0.4, -0.2) is 17.3 Å². The van der Waals surface area contributed by atoms with Crippen molar-refractivity contribution < 1.29 is 0 Å². The Morgan fingerprint density at radius 1 is 1.56 bits per heavy atom. The van der Waals surface area contributed by atoms with E-state index in [9.17, 15) is 0 Å². The monoisotopic (exact) mass is 145 g/mol. The van der Waals surface area contributed by atoms with Crippen LogP contribution in [0.2, 0.25) is 0 Å². The third kappa shape index (κ3) is 1.68. The number of halogens is 1. The zero-order valence-corrected chi connectivity index (χ0v) is 6.11. The lowest BCUT2D eigenvalue weighted by Gasteiger charge is -2.11. The molecule has 1 N–H and O–H groups in total. The van der Waals surface area contributed by atoms with Gasteiger partial charge in [-0.25, -0.2) is 9.98 Å². The summed E-state index contributed by atoms with van der Waals surface area (Å²) in [5, 5.41) is 3.20. The number of nitrogens with one attached hydrogen (secondary N) is 1. The van der Waals surface area contributed by atoms with Crippen molar-refractivity contribution in [3.63, 3.8) is 0 Å². The van der Waals surface area contributed by atoms with Crippen molar-refractivity contribution in [3.8, 4) is 0 Å². The summed E-state index contributed by atoms with van der Waals surface area (Å²) in [6, 6.07) is 0. The van der Waals surface area contributed by atoms with Gasteiger partial charge in [0.1, 0.15) is 12.0 Å². The molecule has 1 unspecified atom stereocenters. The van der Waals surface area contributed by atoms with Crippen molar-refractivity contribution in [2.75, 3.05) is 0 Å². The number of aliphatic imine (C=N–C) groups is 2. The van der Waals surface area contributed by atoms with Crippen molar-refractivity contribution in [1.29, 1.82) is 0 Å². The molecular weight excluding hydrogens is 138 g/mol. The Kier molecular flexibility index (Phi) is 1.71. The second kappa shape index (κ2) is 2.35. The van der Waals surface area contributed by atoms with E-state index in [4.69, 9.17) is 11.6 Å². The molecule has 0 saturated heterocycles. The minimum absolute atomic E-state index is 0.0289. The molecule has 9 heavy (non-hydrogen) atoms. The van der Waals surface area contributed by atoms with Crippen LogP contribution in [0.25, 0.3) is 0 Å². The highest BCUT2D eigenvalue weighted by Gasteiger charge is 2.05. The molecule has 0 aromatic carbocycles. The second-order valence-corrected chi connectivity index (χ2v) is 2.25. The van der Waals surface area contributed by atoms with Gasteiger partial charge in [-0.15, -0.1) is 0 Å². The SMILES string of the molecule is CC1=NC(C)N=C(Cl)N1. The number of nitrogens with zero attached hydrogens (tertiary/aromatic N) is 2. The first-order chi connectivity index (χ1) is 4.18. The predicted molar refractivity (Wildman–Crippen MR) is 39.0 cm³/mol. The Hall–Kier alpha value is -0.570. The van der Waals surface area contributed by atoms with Crippen LogP contribution in [-0.2, 0) is 0 Å². The van der Waals surface area contributed by atoms with Crippen LogP contribution in [0.4, 0.5) is 0 Å². The normalized spacial score (nSPS) is 26.3. The maximum atomic E-state index is 5.56. The predicted octanol–water partition coefficient (Wildman–Crippen LogP) is 0.949. The van der Waals surface area contributed by atoms with Crippen LogP contribution in [0.15, 0.2) is 9.98 Å². The number of amidine groups is 2. The van der Waals surface area contributed by atoms with Gasteiger partial charge >= 0.3 is 0 Å². The lowest BCUT2D eigenvalue weighted by atomic mass is 10.5. The van der Waals surface area contributed by atoms with Gasteiger partial charge < -0.3 is 5.32 Å². The molecule has 0 aliphatic carbocycles. The molecule has 0 amide bonds. The summed E-state index contributed by atoms with van der Waals surface area (Å²) in [7, 11) is 0. The molecule has 3 nitrogen and oxygen atoms in total. The molecule has 1 aliphatic rings. The third-order valence-corrected chi connectivity index (χ3v) is 1.16. The van der Waals surface area contributed by atoms with E-state index >= 15 is 0 Å². The maximum Gasteiger partial charge on any atom is 0.198 e. The zero-order valence-electron chi connectivity index (χ0n) is 5.35. The van der Waals surface area contributed by atoms with E-state index in [1.54, 1.807) is 0 Å². The molecule has 0 aromatic heterocycles. The molecule has 1 aliphatic heterocycles. The van der Waals surface area contributed by atoms with Crippen molar-refractivity contribution in [2.45, 2.75) is 20.0 Å². The van der Waals surface area contributed by atoms with Crippen LogP contribution in [0.5, 0.6) is 0 Å². The Morgan fingerprint density at radius 3 is 2.67 bits per heavy atom. The quantitative estimate of drug-likeness (QED) is 0.507. The number of rotatable bonds is 0. The lowest BCUT2D eigenvalue weighted by Crippen LogP contribution is -2.30. The van der Waals surface area contributed by atoms with E-state index in [2.05, 4.69) is 15.3 Å². The summed E-state index contributed by atoms with van der Waals surface area (Å²) in [5.74, 6) is 0.822. The fourth-order valence-corrected chi connectivity index (χ4v) is 0.965. The highest BCUT2D eigenvalue weighted by atomic mass is 35.5. The summed E-state index contributed by atoms with van der Waals surface area (Å²) >= 11 is 5.56. The van der Waals surface area contributed by atoms with E-state index in [1.165, 1.54) is 0 Å².